The summed E-state index contributed by atoms with van der Waals surface area (Å²) in [6.07, 6.45) is 7.33. The van der Waals surface area contributed by atoms with E-state index in [0.29, 0.717) is 0 Å². The van der Waals surface area contributed by atoms with E-state index in [9.17, 15) is 0 Å². The fourth-order valence-electron chi connectivity index (χ4n) is 5.11. The molecule has 1 saturated carbocycles. The van der Waals surface area contributed by atoms with E-state index in [4.69, 9.17) is 4.74 Å². The lowest BCUT2D eigenvalue weighted by Gasteiger charge is -2.37. The summed E-state index contributed by atoms with van der Waals surface area (Å²) in [6.45, 7) is 21.2. The van der Waals surface area contributed by atoms with Crippen LogP contribution in [-0.2, 0) is 17.7 Å². The molecule has 1 aliphatic carbocycles. The van der Waals surface area contributed by atoms with Crippen LogP contribution in [0, 0.1) is 18.8 Å². The lowest BCUT2D eigenvalue weighted by atomic mass is 9.88. The van der Waals surface area contributed by atoms with Crippen molar-refractivity contribution in [2.45, 2.75) is 78.4 Å². The van der Waals surface area contributed by atoms with Gasteiger partial charge in [0.05, 0.1) is 5.70 Å². The Morgan fingerprint density at radius 1 is 1.16 bits per heavy atom. The number of piperidine rings is 1. The molecule has 0 unspecified atom stereocenters. The largest absolute Gasteiger partial charge is 0.474 e. The van der Waals surface area contributed by atoms with E-state index in [-0.39, 0.29) is 5.60 Å². The Labute approximate surface area is 189 Å². The molecule has 2 aliphatic heterocycles. The molecule has 0 amide bonds. The summed E-state index contributed by atoms with van der Waals surface area (Å²) in [5.74, 6) is 2.46. The van der Waals surface area contributed by atoms with E-state index in [1.165, 1.54) is 66.6 Å². The molecule has 4 rings (SSSR count). The summed E-state index contributed by atoms with van der Waals surface area (Å²) >= 11 is 0. The van der Waals surface area contributed by atoms with E-state index in [2.05, 4.69) is 68.5 Å². The standard InChI is InChI=1S/C28H40N2O/c1-7-26-27-20(3)15-24(17-25(27)19-30(26)18-23-9-10-23)16-22-11-13-29(14-12-22)21(4)31-28(5,6)8-2/h15,17,22-23H,1,4,8-14,16,18-19H2,2-3,5-6H3. The maximum Gasteiger partial charge on any atom is 0.182 e. The molecule has 3 nitrogen and oxygen atoms in total. The quantitative estimate of drug-likeness (QED) is 0.364. The predicted molar refractivity (Wildman–Crippen MR) is 129 cm³/mol. The fourth-order valence-corrected chi connectivity index (χ4v) is 5.11. The van der Waals surface area contributed by atoms with Crippen molar-refractivity contribution in [2.75, 3.05) is 19.6 Å². The molecular formula is C28H40N2O. The van der Waals surface area contributed by atoms with E-state index in [1.54, 1.807) is 0 Å². The molecule has 0 spiro atoms. The fraction of sp³-hybridized carbons (Fsp3) is 0.607. The van der Waals surface area contributed by atoms with Gasteiger partial charge < -0.3 is 14.5 Å². The summed E-state index contributed by atoms with van der Waals surface area (Å²) in [6, 6.07) is 4.87. The Hall–Kier alpha value is -2.12. The number of ether oxygens (including phenoxy) is 1. The number of aryl methyl sites for hydroxylation is 1. The highest BCUT2D eigenvalue weighted by Gasteiger charge is 2.32. The third-order valence-corrected chi connectivity index (χ3v) is 7.47. The van der Waals surface area contributed by atoms with Gasteiger partial charge in [-0.25, -0.2) is 0 Å². The minimum absolute atomic E-state index is 0.137. The van der Waals surface area contributed by atoms with Crippen LogP contribution in [0.3, 0.4) is 0 Å². The van der Waals surface area contributed by atoms with E-state index < -0.39 is 0 Å². The number of fused-ring (bicyclic) bond motifs is 1. The predicted octanol–water partition coefficient (Wildman–Crippen LogP) is 6.28. The van der Waals surface area contributed by atoms with Crippen molar-refractivity contribution in [2.24, 2.45) is 11.8 Å². The first-order chi connectivity index (χ1) is 14.8. The van der Waals surface area contributed by atoms with Gasteiger partial charge >= 0.3 is 0 Å². The maximum absolute atomic E-state index is 6.12. The summed E-state index contributed by atoms with van der Waals surface area (Å²) in [5.41, 5.74) is 10.1. The molecule has 2 heterocycles. The number of nitrogens with zero attached hydrogens (tertiary/aromatic N) is 2. The van der Waals surface area contributed by atoms with Crippen LogP contribution in [0.2, 0.25) is 0 Å². The highest BCUT2D eigenvalue weighted by atomic mass is 16.5. The van der Waals surface area contributed by atoms with Crippen molar-refractivity contribution in [3.05, 3.63) is 59.2 Å². The van der Waals surface area contributed by atoms with Crippen LogP contribution in [0.1, 0.15) is 75.1 Å². The first-order valence-electron chi connectivity index (χ1n) is 12.2. The van der Waals surface area contributed by atoms with Gasteiger partial charge in [0.25, 0.3) is 0 Å². The van der Waals surface area contributed by atoms with Crippen LogP contribution in [0.15, 0.2) is 36.9 Å². The molecule has 0 N–H and O–H groups in total. The zero-order chi connectivity index (χ0) is 22.2. The third kappa shape index (κ3) is 5.04. The summed E-state index contributed by atoms with van der Waals surface area (Å²) in [7, 11) is 0. The van der Waals surface area contributed by atoms with Gasteiger partial charge in [-0.2, -0.15) is 0 Å². The van der Waals surface area contributed by atoms with Crippen LogP contribution >= 0.6 is 0 Å². The molecule has 2 fully saturated rings. The topological polar surface area (TPSA) is 15.7 Å². The molecule has 0 radical (unpaired) electrons. The number of hydrogen-bond acceptors (Lipinski definition) is 3. The van der Waals surface area contributed by atoms with Gasteiger partial charge in [-0.1, -0.05) is 25.6 Å². The molecule has 0 bridgehead atoms. The Kier molecular flexibility index (Phi) is 6.26. The third-order valence-electron chi connectivity index (χ3n) is 7.47. The normalized spacial score (nSPS) is 19.4. The number of hydrogen-bond donors (Lipinski definition) is 0. The summed E-state index contributed by atoms with van der Waals surface area (Å²) < 4.78 is 6.12. The van der Waals surface area contributed by atoms with E-state index in [0.717, 1.165) is 43.8 Å². The lowest BCUT2D eigenvalue weighted by molar-refractivity contribution is -0.0197. The van der Waals surface area contributed by atoms with Gasteiger partial charge in [0.1, 0.15) is 5.60 Å². The zero-order valence-electron chi connectivity index (χ0n) is 20.1. The number of benzene rings is 1. The average molecular weight is 421 g/mol. The Morgan fingerprint density at radius 3 is 2.48 bits per heavy atom. The Balaban J connectivity index is 1.37. The smallest absolute Gasteiger partial charge is 0.182 e. The number of rotatable bonds is 8. The van der Waals surface area contributed by atoms with E-state index in [1.807, 2.05) is 0 Å². The highest BCUT2D eigenvalue weighted by molar-refractivity contribution is 5.73. The molecular weight excluding hydrogens is 380 g/mol. The second kappa shape index (κ2) is 8.79. The van der Waals surface area contributed by atoms with Gasteiger partial charge in [-0.3, -0.25) is 0 Å². The van der Waals surface area contributed by atoms with Crippen molar-refractivity contribution >= 4 is 5.70 Å². The first kappa shape index (κ1) is 22.1. The summed E-state index contributed by atoms with van der Waals surface area (Å²) in [4.78, 5) is 4.84. The summed E-state index contributed by atoms with van der Waals surface area (Å²) in [5, 5.41) is 0. The molecule has 3 heteroatoms. The molecule has 31 heavy (non-hydrogen) atoms. The van der Waals surface area contributed by atoms with Crippen molar-refractivity contribution in [1.29, 1.82) is 0 Å². The second-order valence-corrected chi connectivity index (χ2v) is 10.5. The van der Waals surface area contributed by atoms with Gasteiger partial charge in [-0.15, -0.1) is 5.73 Å². The van der Waals surface area contributed by atoms with Gasteiger partial charge in [0, 0.05) is 31.7 Å². The number of likely N-dealkylation sites (tertiary alicyclic amines) is 1. The maximum atomic E-state index is 6.12. The van der Waals surface area contributed by atoms with Crippen LogP contribution in [0.25, 0.3) is 5.70 Å². The molecule has 3 aliphatic rings. The SMILES string of the molecule is C=C=C1c2c(C)cc(CC3CCN(C(=C)OC(C)(C)CC)CC3)cc2CN1CC1CC1. The minimum Gasteiger partial charge on any atom is -0.474 e. The second-order valence-electron chi connectivity index (χ2n) is 10.5. The minimum atomic E-state index is -0.137. The Morgan fingerprint density at radius 2 is 1.87 bits per heavy atom. The van der Waals surface area contributed by atoms with Crippen molar-refractivity contribution < 1.29 is 4.74 Å². The van der Waals surface area contributed by atoms with Gasteiger partial charge in [-0.05, 0) is 94.4 Å². The van der Waals surface area contributed by atoms with Crippen LogP contribution in [0.4, 0.5) is 0 Å². The molecule has 0 atom stereocenters. The lowest BCUT2D eigenvalue weighted by Crippen LogP contribution is -2.37. The molecule has 168 valence electrons. The van der Waals surface area contributed by atoms with Crippen molar-refractivity contribution in [3.8, 4) is 0 Å². The zero-order valence-corrected chi connectivity index (χ0v) is 20.1. The van der Waals surface area contributed by atoms with E-state index >= 15 is 0 Å². The van der Waals surface area contributed by atoms with Gasteiger partial charge in [0.2, 0.25) is 0 Å². The molecule has 1 saturated heterocycles. The monoisotopic (exact) mass is 420 g/mol. The average Bonchev–Trinajstić information content (AvgIpc) is 3.47. The van der Waals surface area contributed by atoms with Crippen molar-refractivity contribution in [1.82, 2.24) is 9.80 Å². The molecule has 1 aromatic carbocycles. The van der Waals surface area contributed by atoms with Gasteiger partial charge in [0.15, 0.2) is 5.88 Å². The highest BCUT2D eigenvalue weighted by Crippen LogP contribution is 2.40. The van der Waals surface area contributed by atoms with Crippen LogP contribution in [0.5, 0.6) is 0 Å². The molecule has 0 aromatic heterocycles. The Bertz CT molecular complexity index is 881. The first-order valence-corrected chi connectivity index (χ1v) is 12.2. The molecule has 1 aromatic rings. The van der Waals surface area contributed by atoms with Crippen LogP contribution in [-0.4, -0.2) is 35.0 Å². The van der Waals surface area contributed by atoms with Crippen molar-refractivity contribution in [3.63, 3.8) is 0 Å². The van der Waals surface area contributed by atoms with Crippen LogP contribution < -0.4 is 0 Å².